The summed E-state index contributed by atoms with van der Waals surface area (Å²) < 4.78 is 10.1. The van der Waals surface area contributed by atoms with Crippen LogP contribution in [0.2, 0.25) is 0 Å². The number of nitrogens with zero attached hydrogens (tertiary/aromatic N) is 3. The van der Waals surface area contributed by atoms with Crippen molar-refractivity contribution in [2.24, 2.45) is 5.73 Å². The molecule has 2 aromatic rings. The van der Waals surface area contributed by atoms with Gasteiger partial charge in [-0.1, -0.05) is 44.2 Å². The average molecular weight is 471 g/mol. The third kappa shape index (κ3) is 4.34. The molecule has 0 saturated heterocycles. The smallest absolute Gasteiger partial charge is 0.355 e. The lowest BCUT2D eigenvalue weighted by Crippen LogP contribution is -2.40. The lowest BCUT2D eigenvalue weighted by molar-refractivity contribution is -0.139. The van der Waals surface area contributed by atoms with Crippen molar-refractivity contribution >= 4 is 17.6 Å². The molecule has 3 rings (SSSR count). The lowest BCUT2D eigenvalue weighted by atomic mass is 9.80. The highest BCUT2D eigenvalue weighted by Crippen LogP contribution is 2.43. The molecule has 1 heterocycles. The van der Waals surface area contributed by atoms with Gasteiger partial charge in [-0.25, -0.2) is 9.59 Å². The van der Waals surface area contributed by atoms with Gasteiger partial charge in [0, 0.05) is 5.69 Å². The minimum Gasteiger partial charge on any atom is -0.466 e. The molecule has 0 bridgehead atoms. The molecule has 1 aliphatic heterocycles. The highest BCUT2D eigenvalue weighted by Gasteiger charge is 2.43. The van der Waals surface area contributed by atoms with Gasteiger partial charge >= 0.3 is 11.9 Å². The third-order valence-corrected chi connectivity index (χ3v) is 6.03. The Morgan fingerprint density at radius 1 is 0.971 bits per heavy atom. The number of carbonyl (C=O) groups excluding carboxylic acids is 2. The van der Waals surface area contributed by atoms with Crippen LogP contribution in [0.4, 0.5) is 5.69 Å². The molecule has 1 aliphatic rings. The van der Waals surface area contributed by atoms with Crippen molar-refractivity contribution in [3.05, 3.63) is 87.4 Å². The van der Waals surface area contributed by atoms with Gasteiger partial charge < -0.3 is 15.2 Å². The van der Waals surface area contributed by atoms with Crippen molar-refractivity contribution in [1.82, 2.24) is 0 Å². The Bertz CT molecular complexity index is 1290. The number of nitriles is 2. The van der Waals surface area contributed by atoms with E-state index in [-0.39, 0.29) is 22.7 Å². The largest absolute Gasteiger partial charge is 0.466 e. The zero-order valence-electron chi connectivity index (χ0n) is 20.1. The number of anilines is 1. The van der Waals surface area contributed by atoms with E-state index in [9.17, 15) is 20.1 Å². The minimum absolute atomic E-state index is 0.0109. The van der Waals surface area contributed by atoms with Gasteiger partial charge in [0.1, 0.15) is 11.5 Å². The van der Waals surface area contributed by atoms with E-state index >= 15 is 0 Å². The topological polar surface area (TPSA) is 129 Å². The molecular formula is C27H26N4O4. The number of aryl methyl sites for hydroxylation is 2. The van der Waals surface area contributed by atoms with Crippen LogP contribution in [0.25, 0.3) is 0 Å². The van der Waals surface area contributed by atoms with Crippen LogP contribution in [0, 0.1) is 22.7 Å². The molecule has 0 fully saturated rings. The van der Waals surface area contributed by atoms with Crippen molar-refractivity contribution in [2.45, 2.75) is 32.6 Å². The monoisotopic (exact) mass is 470 g/mol. The molecule has 0 amide bonds. The Kier molecular flexibility index (Phi) is 7.58. The summed E-state index contributed by atoms with van der Waals surface area (Å²) in [6.07, 6.45) is 1.11. The van der Waals surface area contributed by atoms with Crippen molar-refractivity contribution < 1.29 is 19.1 Å². The van der Waals surface area contributed by atoms with E-state index in [2.05, 4.69) is 12.1 Å². The molecule has 0 aromatic heterocycles. The number of benzene rings is 2. The predicted molar refractivity (Wildman–Crippen MR) is 129 cm³/mol. The molecule has 8 nitrogen and oxygen atoms in total. The molecular weight excluding hydrogens is 444 g/mol. The highest BCUT2D eigenvalue weighted by molar-refractivity contribution is 6.06. The van der Waals surface area contributed by atoms with Gasteiger partial charge in [-0.3, -0.25) is 4.90 Å². The number of methoxy groups -OCH3 is 2. The van der Waals surface area contributed by atoms with Crippen molar-refractivity contribution in [2.75, 3.05) is 19.1 Å². The standard InChI is InChI=1S/C27H26N4O4/c1-5-16-12-19(13-17(6-2)20(16)14-28)31-24(27(33)35-4)23(26(32)34-3)22(21(15-29)25(31)30)18-10-8-7-9-11-18/h7-13,22H,5-6,30H2,1-4H3. The molecule has 2 aromatic carbocycles. The number of carbonyl (C=O) groups is 2. The molecule has 35 heavy (non-hydrogen) atoms. The van der Waals surface area contributed by atoms with Crippen LogP contribution in [-0.4, -0.2) is 26.2 Å². The first-order chi connectivity index (χ1) is 16.9. The molecule has 2 N–H and O–H groups in total. The zero-order valence-corrected chi connectivity index (χ0v) is 20.1. The number of esters is 2. The van der Waals surface area contributed by atoms with Gasteiger partial charge in [0.2, 0.25) is 0 Å². The quantitative estimate of drug-likeness (QED) is 0.634. The highest BCUT2D eigenvalue weighted by atomic mass is 16.5. The van der Waals surface area contributed by atoms with E-state index in [1.54, 1.807) is 42.5 Å². The fraction of sp³-hybridized carbons (Fsp3) is 0.259. The second-order valence-electron chi connectivity index (χ2n) is 7.79. The van der Waals surface area contributed by atoms with Gasteiger partial charge in [-0.15, -0.1) is 0 Å². The summed E-state index contributed by atoms with van der Waals surface area (Å²) in [4.78, 5) is 27.7. The molecule has 8 heteroatoms. The Morgan fingerprint density at radius 3 is 2.00 bits per heavy atom. The number of rotatable bonds is 6. The van der Waals surface area contributed by atoms with Crippen LogP contribution < -0.4 is 10.6 Å². The van der Waals surface area contributed by atoms with E-state index in [0.717, 1.165) is 11.1 Å². The van der Waals surface area contributed by atoms with E-state index in [1.165, 1.54) is 19.1 Å². The summed E-state index contributed by atoms with van der Waals surface area (Å²) in [6.45, 7) is 3.83. The summed E-state index contributed by atoms with van der Waals surface area (Å²) in [6, 6.07) is 16.7. The van der Waals surface area contributed by atoms with Gasteiger partial charge in [-0.2, -0.15) is 10.5 Å². The van der Waals surface area contributed by atoms with Crippen LogP contribution >= 0.6 is 0 Å². The maximum Gasteiger partial charge on any atom is 0.355 e. The van der Waals surface area contributed by atoms with Crippen molar-refractivity contribution in [1.29, 1.82) is 10.5 Å². The average Bonchev–Trinajstić information content (AvgIpc) is 2.90. The first-order valence-corrected chi connectivity index (χ1v) is 11.1. The summed E-state index contributed by atoms with van der Waals surface area (Å²) in [5.41, 5.74) is 9.54. The molecule has 0 spiro atoms. The SMILES string of the molecule is CCc1cc(N2C(N)=C(C#N)C(c3ccccc3)C(C(=O)OC)=C2C(=O)OC)cc(CC)c1C#N. The Labute approximate surface area is 204 Å². The fourth-order valence-corrected chi connectivity index (χ4v) is 4.36. The van der Waals surface area contributed by atoms with Crippen molar-refractivity contribution in [3.63, 3.8) is 0 Å². The van der Waals surface area contributed by atoms with Gasteiger partial charge in [0.05, 0.1) is 49.0 Å². The summed E-state index contributed by atoms with van der Waals surface area (Å²) in [5.74, 6) is -2.55. The van der Waals surface area contributed by atoms with Crippen LogP contribution in [-0.2, 0) is 31.9 Å². The Balaban J connectivity index is 2.46. The maximum absolute atomic E-state index is 13.2. The zero-order chi connectivity index (χ0) is 25.7. The van der Waals surface area contributed by atoms with Crippen LogP contribution in [0.5, 0.6) is 0 Å². The normalized spacial score (nSPS) is 15.4. The van der Waals surface area contributed by atoms with Crippen LogP contribution in [0.3, 0.4) is 0 Å². The number of allylic oxidation sites excluding steroid dienone is 1. The number of hydrogen-bond donors (Lipinski definition) is 1. The predicted octanol–water partition coefficient (Wildman–Crippen LogP) is 3.58. The number of hydrogen-bond acceptors (Lipinski definition) is 8. The molecule has 1 atom stereocenters. The molecule has 1 unspecified atom stereocenters. The second-order valence-corrected chi connectivity index (χ2v) is 7.79. The first-order valence-electron chi connectivity index (χ1n) is 11.1. The van der Waals surface area contributed by atoms with Crippen molar-refractivity contribution in [3.8, 4) is 12.1 Å². The summed E-state index contributed by atoms with van der Waals surface area (Å²) >= 11 is 0. The first kappa shape index (κ1) is 25.1. The Hall–Kier alpha value is -4.56. The van der Waals surface area contributed by atoms with Crippen LogP contribution in [0.15, 0.2) is 65.1 Å². The molecule has 0 radical (unpaired) electrons. The second kappa shape index (κ2) is 10.6. The van der Waals surface area contributed by atoms with Gasteiger partial charge in [-0.05, 0) is 41.7 Å². The third-order valence-electron chi connectivity index (χ3n) is 6.03. The number of nitrogens with two attached hydrogens (primary N) is 1. The van der Waals surface area contributed by atoms with Gasteiger partial charge in [0.25, 0.3) is 0 Å². The van der Waals surface area contributed by atoms with Crippen LogP contribution in [0.1, 0.15) is 42.0 Å². The number of ether oxygens (including phenoxy) is 2. The lowest BCUT2D eigenvalue weighted by Gasteiger charge is -2.36. The summed E-state index contributed by atoms with van der Waals surface area (Å²) in [5, 5.41) is 19.8. The Morgan fingerprint density at radius 2 is 1.54 bits per heavy atom. The molecule has 0 saturated carbocycles. The van der Waals surface area contributed by atoms with E-state index in [0.29, 0.717) is 29.7 Å². The minimum atomic E-state index is -0.936. The molecule has 178 valence electrons. The fourth-order valence-electron chi connectivity index (χ4n) is 4.36. The maximum atomic E-state index is 13.2. The van der Waals surface area contributed by atoms with E-state index in [1.807, 2.05) is 13.8 Å². The van der Waals surface area contributed by atoms with Gasteiger partial charge in [0.15, 0.2) is 0 Å². The summed E-state index contributed by atoms with van der Waals surface area (Å²) in [7, 11) is 2.41. The van der Waals surface area contributed by atoms with E-state index < -0.39 is 17.9 Å². The molecule has 0 aliphatic carbocycles. The van der Waals surface area contributed by atoms with E-state index in [4.69, 9.17) is 15.2 Å².